The van der Waals surface area contributed by atoms with Gasteiger partial charge >= 0.3 is 0 Å². The average molecular weight is 335 g/mol. The summed E-state index contributed by atoms with van der Waals surface area (Å²) < 4.78 is 6.38. The van der Waals surface area contributed by atoms with Crippen LogP contribution < -0.4 is 10.1 Å². The van der Waals surface area contributed by atoms with Crippen molar-refractivity contribution in [2.75, 3.05) is 14.2 Å². The van der Waals surface area contributed by atoms with Crippen molar-refractivity contribution in [3.8, 4) is 5.75 Å². The minimum absolute atomic E-state index is 0.179. The molecule has 0 spiro atoms. The van der Waals surface area contributed by atoms with Gasteiger partial charge in [-0.05, 0) is 61.9 Å². The van der Waals surface area contributed by atoms with Crippen LogP contribution in [0.4, 0.5) is 0 Å². The van der Waals surface area contributed by atoms with E-state index in [2.05, 4.69) is 45.3 Å². The first-order valence-electron chi connectivity index (χ1n) is 6.56. The Bertz CT molecular complexity index is 586. The number of hydrogen-bond acceptors (Lipinski definition) is 3. The molecule has 0 saturated carbocycles. The number of likely N-dealkylation sites (N-methyl/N-ethyl adjacent to an activating group) is 1. The summed E-state index contributed by atoms with van der Waals surface area (Å²) in [5.74, 6) is 0.871. The van der Waals surface area contributed by atoms with Crippen molar-refractivity contribution in [3.05, 3.63) is 57.8 Å². The summed E-state index contributed by atoms with van der Waals surface area (Å²) in [6, 6.07) is 10.3. The van der Waals surface area contributed by atoms with Gasteiger partial charge in [0, 0.05) is 10.7 Å². The third-order valence-corrected chi connectivity index (χ3v) is 4.09. The highest BCUT2D eigenvalue weighted by Gasteiger charge is 2.14. The number of hydrogen-bond donors (Lipinski definition) is 1. The predicted octanol–water partition coefficient (Wildman–Crippen LogP) is 3.66. The molecule has 0 amide bonds. The van der Waals surface area contributed by atoms with E-state index in [-0.39, 0.29) is 6.04 Å². The summed E-state index contributed by atoms with van der Waals surface area (Å²) in [6.07, 6.45) is 2.71. The monoisotopic (exact) mass is 334 g/mol. The Hall–Kier alpha value is -1.39. The molecule has 0 radical (unpaired) electrons. The van der Waals surface area contributed by atoms with Gasteiger partial charge in [-0.1, -0.05) is 15.9 Å². The van der Waals surface area contributed by atoms with Crippen LogP contribution in [-0.4, -0.2) is 19.1 Å². The summed E-state index contributed by atoms with van der Waals surface area (Å²) in [5.41, 5.74) is 3.48. The molecule has 4 heteroatoms. The quantitative estimate of drug-likeness (QED) is 0.905. The van der Waals surface area contributed by atoms with Gasteiger partial charge in [0.25, 0.3) is 0 Å². The lowest BCUT2D eigenvalue weighted by molar-refractivity contribution is 0.413. The molecule has 0 aliphatic heterocycles. The molecular formula is C16H19BrN2O. The van der Waals surface area contributed by atoms with Gasteiger partial charge in [0.2, 0.25) is 0 Å². The van der Waals surface area contributed by atoms with Crippen LogP contribution >= 0.6 is 15.9 Å². The van der Waals surface area contributed by atoms with Crippen molar-refractivity contribution in [2.24, 2.45) is 0 Å². The topological polar surface area (TPSA) is 34.1 Å². The molecule has 1 unspecified atom stereocenters. The van der Waals surface area contributed by atoms with Crippen LogP contribution in [0.25, 0.3) is 0 Å². The third kappa shape index (κ3) is 3.58. The number of aromatic nitrogens is 1. The average Bonchev–Trinajstić information content (AvgIpc) is 2.46. The third-order valence-electron chi connectivity index (χ3n) is 3.32. The molecule has 1 atom stereocenters. The number of methoxy groups -OCH3 is 1. The minimum atomic E-state index is 0.179. The maximum atomic E-state index is 5.29. The number of ether oxygens (including phenoxy) is 1. The summed E-state index contributed by atoms with van der Waals surface area (Å²) in [5, 5.41) is 3.33. The number of aryl methyl sites for hydroxylation is 1. The summed E-state index contributed by atoms with van der Waals surface area (Å²) >= 11 is 3.60. The maximum absolute atomic E-state index is 5.29. The molecule has 2 rings (SSSR count). The fourth-order valence-corrected chi connectivity index (χ4v) is 2.57. The Kier molecular flexibility index (Phi) is 5.15. The molecule has 1 heterocycles. The summed E-state index contributed by atoms with van der Waals surface area (Å²) in [6.45, 7) is 2.08. The Balaban J connectivity index is 2.26. The molecule has 1 aromatic heterocycles. The van der Waals surface area contributed by atoms with Crippen molar-refractivity contribution >= 4 is 15.9 Å². The Morgan fingerprint density at radius 1 is 1.30 bits per heavy atom. The molecule has 1 N–H and O–H groups in total. The molecule has 3 nitrogen and oxygen atoms in total. The normalized spacial score (nSPS) is 12.2. The van der Waals surface area contributed by atoms with Gasteiger partial charge in [0.15, 0.2) is 0 Å². The van der Waals surface area contributed by atoms with E-state index in [0.29, 0.717) is 0 Å². The molecule has 1 aromatic carbocycles. The van der Waals surface area contributed by atoms with Gasteiger partial charge in [-0.15, -0.1) is 0 Å². The standard InChI is InChI=1S/C16H19BrN2O/c1-11-6-7-19-16(8-11)15(18-2)10-12-9-13(20-3)4-5-14(12)17/h4-9,15,18H,10H2,1-3H3. The minimum Gasteiger partial charge on any atom is -0.497 e. The van der Waals surface area contributed by atoms with Gasteiger partial charge in [-0.2, -0.15) is 0 Å². The lowest BCUT2D eigenvalue weighted by Crippen LogP contribution is -2.20. The second kappa shape index (κ2) is 6.86. The fourth-order valence-electron chi connectivity index (χ4n) is 2.16. The highest BCUT2D eigenvalue weighted by atomic mass is 79.9. The van der Waals surface area contributed by atoms with E-state index in [1.165, 1.54) is 11.1 Å². The highest BCUT2D eigenvalue weighted by Crippen LogP contribution is 2.27. The smallest absolute Gasteiger partial charge is 0.119 e. The van der Waals surface area contributed by atoms with E-state index in [9.17, 15) is 0 Å². The van der Waals surface area contributed by atoms with Crippen LogP contribution in [0.5, 0.6) is 5.75 Å². The largest absolute Gasteiger partial charge is 0.497 e. The predicted molar refractivity (Wildman–Crippen MR) is 85.2 cm³/mol. The molecule has 106 valence electrons. The first-order chi connectivity index (χ1) is 9.63. The summed E-state index contributed by atoms with van der Waals surface area (Å²) in [4.78, 5) is 4.47. The van der Waals surface area contributed by atoms with E-state index in [0.717, 1.165) is 22.3 Å². The van der Waals surface area contributed by atoms with Gasteiger partial charge in [-0.3, -0.25) is 4.98 Å². The Morgan fingerprint density at radius 2 is 2.10 bits per heavy atom. The first kappa shape index (κ1) is 15.0. The van der Waals surface area contributed by atoms with Gasteiger partial charge in [0.05, 0.1) is 18.8 Å². The summed E-state index contributed by atoms with van der Waals surface area (Å²) in [7, 11) is 3.65. The van der Waals surface area contributed by atoms with Crippen molar-refractivity contribution in [3.63, 3.8) is 0 Å². The Morgan fingerprint density at radius 3 is 2.75 bits per heavy atom. The zero-order valence-corrected chi connectivity index (χ0v) is 13.6. The lowest BCUT2D eigenvalue weighted by atomic mass is 10.0. The van der Waals surface area contributed by atoms with Crippen molar-refractivity contribution in [2.45, 2.75) is 19.4 Å². The number of nitrogens with zero attached hydrogens (tertiary/aromatic N) is 1. The van der Waals surface area contributed by atoms with Crippen molar-refractivity contribution < 1.29 is 4.74 Å². The van der Waals surface area contributed by atoms with Gasteiger partial charge < -0.3 is 10.1 Å². The lowest BCUT2D eigenvalue weighted by Gasteiger charge is -2.17. The highest BCUT2D eigenvalue weighted by molar-refractivity contribution is 9.10. The fraction of sp³-hybridized carbons (Fsp3) is 0.312. The number of nitrogens with one attached hydrogen (secondary N) is 1. The molecule has 0 aliphatic carbocycles. The van der Waals surface area contributed by atoms with Crippen LogP contribution in [-0.2, 0) is 6.42 Å². The van der Waals surface area contributed by atoms with E-state index in [1.54, 1.807) is 7.11 Å². The van der Waals surface area contributed by atoms with Crippen molar-refractivity contribution in [1.82, 2.24) is 10.3 Å². The van der Waals surface area contributed by atoms with E-state index < -0.39 is 0 Å². The molecule has 0 bridgehead atoms. The zero-order valence-electron chi connectivity index (χ0n) is 12.0. The molecular weight excluding hydrogens is 316 g/mol. The van der Waals surface area contributed by atoms with Gasteiger partial charge in [0.1, 0.15) is 5.75 Å². The van der Waals surface area contributed by atoms with Crippen molar-refractivity contribution in [1.29, 1.82) is 0 Å². The zero-order chi connectivity index (χ0) is 14.5. The van der Waals surface area contributed by atoms with Gasteiger partial charge in [-0.25, -0.2) is 0 Å². The molecule has 0 saturated heterocycles. The molecule has 0 fully saturated rings. The number of pyridine rings is 1. The van der Waals surface area contributed by atoms with Crippen LogP contribution in [0, 0.1) is 6.92 Å². The van der Waals surface area contributed by atoms with Crippen LogP contribution in [0.2, 0.25) is 0 Å². The number of benzene rings is 1. The van der Waals surface area contributed by atoms with Crippen LogP contribution in [0.1, 0.15) is 22.9 Å². The second-order valence-corrected chi connectivity index (χ2v) is 5.62. The number of rotatable bonds is 5. The molecule has 20 heavy (non-hydrogen) atoms. The SMILES string of the molecule is CNC(Cc1cc(OC)ccc1Br)c1cc(C)ccn1. The van der Waals surface area contributed by atoms with Crippen LogP contribution in [0.3, 0.4) is 0 Å². The van der Waals surface area contributed by atoms with E-state index in [1.807, 2.05) is 31.4 Å². The van der Waals surface area contributed by atoms with Crippen LogP contribution in [0.15, 0.2) is 41.0 Å². The Labute approximate surface area is 128 Å². The second-order valence-electron chi connectivity index (χ2n) is 4.76. The molecule has 2 aromatic rings. The molecule has 0 aliphatic rings. The first-order valence-corrected chi connectivity index (χ1v) is 7.35. The maximum Gasteiger partial charge on any atom is 0.119 e. The van der Waals surface area contributed by atoms with E-state index in [4.69, 9.17) is 4.74 Å². The number of halogens is 1. The van der Waals surface area contributed by atoms with E-state index >= 15 is 0 Å².